The number of amides is 1. The van der Waals surface area contributed by atoms with Gasteiger partial charge in [0.05, 0.1) is 26.2 Å². The Morgan fingerprint density at radius 1 is 1.21 bits per heavy atom. The smallest absolute Gasteiger partial charge is 0.267 e. The summed E-state index contributed by atoms with van der Waals surface area (Å²) in [5, 5.41) is 2.99. The van der Waals surface area contributed by atoms with Crippen molar-refractivity contribution in [2.24, 2.45) is 4.99 Å². The molecule has 0 N–H and O–H groups in total. The Bertz CT molecular complexity index is 939. The zero-order valence-corrected chi connectivity index (χ0v) is 17.3. The van der Waals surface area contributed by atoms with Crippen molar-refractivity contribution in [1.29, 1.82) is 0 Å². The van der Waals surface area contributed by atoms with Crippen molar-refractivity contribution in [2.75, 3.05) is 27.9 Å². The van der Waals surface area contributed by atoms with Crippen LogP contribution >= 0.6 is 23.1 Å². The number of amidine groups is 1. The first kappa shape index (κ1) is 20.0. The Morgan fingerprint density at radius 2 is 2.00 bits per heavy atom. The largest absolute Gasteiger partial charge is 0.493 e. The first-order valence-corrected chi connectivity index (χ1v) is 9.92. The van der Waals surface area contributed by atoms with E-state index in [1.54, 1.807) is 43.5 Å². The summed E-state index contributed by atoms with van der Waals surface area (Å²) < 4.78 is 16.2. The van der Waals surface area contributed by atoms with E-state index in [0.29, 0.717) is 44.6 Å². The van der Waals surface area contributed by atoms with E-state index in [1.165, 1.54) is 30.2 Å². The average Bonchev–Trinajstić information content (AvgIpc) is 3.32. The van der Waals surface area contributed by atoms with Gasteiger partial charge in [0.15, 0.2) is 16.7 Å². The Hall–Kier alpha value is -2.78. The van der Waals surface area contributed by atoms with E-state index in [0.717, 1.165) is 0 Å². The van der Waals surface area contributed by atoms with Crippen molar-refractivity contribution in [2.45, 2.75) is 0 Å². The van der Waals surface area contributed by atoms with Crippen LogP contribution in [0.3, 0.4) is 0 Å². The van der Waals surface area contributed by atoms with Crippen molar-refractivity contribution >= 4 is 45.4 Å². The summed E-state index contributed by atoms with van der Waals surface area (Å²) in [5.74, 6) is 1.35. The van der Waals surface area contributed by atoms with E-state index in [-0.39, 0.29) is 5.91 Å². The third kappa shape index (κ3) is 3.90. The fourth-order valence-electron chi connectivity index (χ4n) is 2.61. The third-order valence-corrected chi connectivity index (χ3v) is 5.50. The minimum Gasteiger partial charge on any atom is -0.493 e. The number of benzene rings is 1. The number of rotatable bonds is 7. The minimum absolute atomic E-state index is 0.156. The molecular formula is C19H19N3O4S2. The SMILES string of the molecule is C=CCN1C(=O)/C(=C/c2ccc(OC)c(OC)c2OC)S/C1=N/c1nccs1. The van der Waals surface area contributed by atoms with Crippen LogP contribution in [0.2, 0.25) is 0 Å². The second-order valence-electron chi connectivity index (χ2n) is 5.45. The molecule has 1 fully saturated rings. The van der Waals surface area contributed by atoms with Gasteiger partial charge >= 0.3 is 0 Å². The number of hydrogen-bond donors (Lipinski definition) is 0. The predicted octanol–water partition coefficient (Wildman–Crippen LogP) is 3.96. The molecule has 0 atom stereocenters. The Balaban J connectivity index is 2.02. The average molecular weight is 418 g/mol. The number of carbonyl (C=O) groups excluding carboxylic acids is 1. The van der Waals surface area contributed by atoms with Crippen LogP contribution in [0.5, 0.6) is 17.2 Å². The Kier molecular flexibility index (Phi) is 6.37. The molecule has 0 spiro atoms. The maximum Gasteiger partial charge on any atom is 0.267 e. The van der Waals surface area contributed by atoms with Gasteiger partial charge in [0, 0.05) is 23.7 Å². The van der Waals surface area contributed by atoms with Crippen LogP contribution in [0.25, 0.3) is 6.08 Å². The topological polar surface area (TPSA) is 73.2 Å². The van der Waals surface area contributed by atoms with Gasteiger partial charge in [-0.25, -0.2) is 4.98 Å². The molecule has 146 valence electrons. The summed E-state index contributed by atoms with van der Waals surface area (Å²) in [6.07, 6.45) is 5.10. The molecule has 1 aliphatic heterocycles. The maximum absolute atomic E-state index is 12.9. The molecule has 1 aromatic heterocycles. The van der Waals surface area contributed by atoms with Crippen LogP contribution in [0.1, 0.15) is 5.56 Å². The molecule has 0 radical (unpaired) electrons. The lowest BCUT2D eigenvalue weighted by Gasteiger charge is -2.14. The zero-order valence-electron chi connectivity index (χ0n) is 15.7. The monoisotopic (exact) mass is 417 g/mol. The standard InChI is InChI=1S/C19H19N3O4S2/c1-5-9-22-17(23)14(28-19(22)21-18-20-8-10-27-18)11-12-6-7-13(24-2)16(26-4)15(12)25-3/h5-8,10-11H,1,9H2,2-4H3/b14-11-,21-19+. The lowest BCUT2D eigenvalue weighted by molar-refractivity contribution is -0.121. The number of aliphatic imine (C=N–C) groups is 1. The van der Waals surface area contributed by atoms with Crippen molar-refractivity contribution in [1.82, 2.24) is 9.88 Å². The van der Waals surface area contributed by atoms with Crippen LogP contribution in [0.15, 0.2) is 46.3 Å². The van der Waals surface area contributed by atoms with Gasteiger partial charge in [-0.3, -0.25) is 9.69 Å². The van der Waals surface area contributed by atoms with Crippen molar-refractivity contribution in [3.05, 3.63) is 46.8 Å². The van der Waals surface area contributed by atoms with Gasteiger partial charge in [0.25, 0.3) is 5.91 Å². The van der Waals surface area contributed by atoms with Crippen LogP contribution in [-0.4, -0.2) is 48.8 Å². The molecule has 3 rings (SSSR count). The van der Waals surface area contributed by atoms with E-state index in [4.69, 9.17) is 14.2 Å². The van der Waals surface area contributed by atoms with Gasteiger partial charge in [0.1, 0.15) is 0 Å². The highest BCUT2D eigenvalue weighted by Crippen LogP contribution is 2.42. The summed E-state index contributed by atoms with van der Waals surface area (Å²) >= 11 is 2.69. The predicted molar refractivity (Wildman–Crippen MR) is 113 cm³/mol. The highest BCUT2D eigenvalue weighted by molar-refractivity contribution is 8.18. The van der Waals surface area contributed by atoms with Gasteiger partial charge < -0.3 is 14.2 Å². The summed E-state index contributed by atoms with van der Waals surface area (Å²) in [6.45, 7) is 4.08. The molecule has 1 amide bonds. The number of thioether (sulfide) groups is 1. The first-order valence-electron chi connectivity index (χ1n) is 8.22. The van der Waals surface area contributed by atoms with Crippen LogP contribution in [0, 0.1) is 0 Å². The third-order valence-electron chi connectivity index (χ3n) is 3.83. The van der Waals surface area contributed by atoms with E-state index < -0.39 is 0 Å². The van der Waals surface area contributed by atoms with E-state index >= 15 is 0 Å². The number of aromatic nitrogens is 1. The number of methoxy groups -OCH3 is 3. The van der Waals surface area contributed by atoms with Crippen LogP contribution < -0.4 is 14.2 Å². The molecular weight excluding hydrogens is 398 g/mol. The minimum atomic E-state index is -0.156. The molecule has 2 heterocycles. The van der Waals surface area contributed by atoms with Gasteiger partial charge in [-0.15, -0.1) is 17.9 Å². The Labute approximate surface area is 171 Å². The summed E-state index contributed by atoms with van der Waals surface area (Å²) in [5.41, 5.74) is 0.699. The molecule has 7 nitrogen and oxygen atoms in total. The lowest BCUT2D eigenvalue weighted by atomic mass is 10.1. The number of thiazole rings is 1. The van der Waals surface area contributed by atoms with Gasteiger partial charge in [0.2, 0.25) is 10.9 Å². The summed E-state index contributed by atoms with van der Waals surface area (Å²) in [6, 6.07) is 3.58. The van der Waals surface area contributed by atoms with E-state index in [1.807, 2.05) is 11.4 Å². The molecule has 0 bridgehead atoms. The second kappa shape index (κ2) is 8.94. The second-order valence-corrected chi connectivity index (χ2v) is 7.33. The molecule has 1 saturated heterocycles. The van der Waals surface area contributed by atoms with Crippen LogP contribution in [-0.2, 0) is 4.79 Å². The maximum atomic E-state index is 12.9. The highest BCUT2D eigenvalue weighted by Gasteiger charge is 2.33. The molecule has 1 aliphatic rings. The zero-order chi connectivity index (χ0) is 20.1. The number of hydrogen-bond acceptors (Lipinski definition) is 8. The van der Waals surface area contributed by atoms with Crippen LogP contribution in [0.4, 0.5) is 5.13 Å². The van der Waals surface area contributed by atoms with Gasteiger partial charge in [-0.2, -0.15) is 4.99 Å². The van der Waals surface area contributed by atoms with Gasteiger partial charge in [-0.05, 0) is 30.0 Å². The fourth-order valence-corrected chi connectivity index (χ4v) is 4.16. The van der Waals surface area contributed by atoms with Crippen molar-refractivity contribution < 1.29 is 19.0 Å². The number of carbonyl (C=O) groups is 1. The van der Waals surface area contributed by atoms with Crippen molar-refractivity contribution in [3.63, 3.8) is 0 Å². The molecule has 28 heavy (non-hydrogen) atoms. The molecule has 1 aromatic carbocycles. The molecule has 0 aliphatic carbocycles. The first-order chi connectivity index (χ1) is 13.6. The van der Waals surface area contributed by atoms with E-state index in [9.17, 15) is 4.79 Å². The molecule has 0 unspecified atom stereocenters. The number of nitrogens with zero attached hydrogens (tertiary/aromatic N) is 3. The lowest BCUT2D eigenvalue weighted by Crippen LogP contribution is -2.29. The normalized spacial score (nSPS) is 16.7. The molecule has 9 heteroatoms. The molecule has 0 saturated carbocycles. The van der Waals surface area contributed by atoms with Crippen molar-refractivity contribution in [3.8, 4) is 17.2 Å². The summed E-state index contributed by atoms with van der Waals surface area (Å²) in [4.78, 5) is 23.6. The quantitative estimate of drug-likeness (QED) is 0.502. The summed E-state index contributed by atoms with van der Waals surface area (Å²) in [7, 11) is 4.64. The fraction of sp³-hybridized carbons (Fsp3) is 0.211. The molecule has 2 aromatic rings. The highest BCUT2D eigenvalue weighted by atomic mass is 32.2. The van der Waals surface area contributed by atoms with Gasteiger partial charge in [-0.1, -0.05) is 6.08 Å². The Morgan fingerprint density at radius 3 is 2.61 bits per heavy atom. The van der Waals surface area contributed by atoms with E-state index in [2.05, 4.69) is 16.6 Å². The number of ether oxygens (including phenoxy) is 3.